The molecule has 2 N–H and O–H groups in total. The molecule has 2 atom stereocenters. The van der Waals surface area contributed by atoms with Crippen molar-refractivity contribution in [1.82, 2.24) is 30.0 Å². The molecular formula is C25H26BrN7O2. The van der Waals surface area contributed by atoms with Crippen molar-refractivity contribution in [3.63, 3.8) is 0 Å². The molecule has 1 fully saturated rings. The van der Waals surface area contributed by atoms with Gasteiger partial charge in [0.05, 0.1) is 17.7 Å². The number of halogens is 1. The van der Waals surface area contributed by atoms with Crippen LogP contribution in [0.4, 0.5) is 5.95 Å². The molecule has 0 aliphatic heterocycles. The van der Waals surface area contributed by atoms with Crippen molar-refractivity contribution in [1.29, 1.82) is 0 Å². The number of fused-ring (bicyclic) bond motifs is 1. The van der Waals surface area contributed by atoms with Crippen molar-refractivity contribution in [3.8, 4) is 16.8 Å². The van der Waals surface area contributed by atoms with Gasteiger partial charge < -0.3 is 15.4 Å². The van der Waals surface area contributed by atoms with E-state index in [1.165, 1.54) is 0 Å². The summed E-state index contributed by atoms with van der Waals surface area (Å²) in [6, 6.07) is 12.3. The number of carbonyl (C=O) groups excluding carboxylic acids is 1. The second kappa shape index (κ2) is 10.5. The number of pyridine rings is 1. The second-order valence-corrected chi connectivity index (χ2v) is 9.30. The minimum atomic E-state index is -0.00771. The molecule has 3 heterocycles. The van der Waals surface area contributed by atoms with E-state index in [1.807, 2.05) is 28.9 Å². The van der Waals surface area contributed by atoms with Crippen LogP contribution in [0.1, 0.15) is 19.3 Å². The Morgan fingerprint density at radius 1 is 1.14 bits per heavy atom. The van der Waals surface area contributed by atoms with Gasteiger partial charge in [-0.2, -0.15) is 10.1 Å². The first-order valence-corrected chi connectivity index (χ1v) is 12.4. The van der Waals surface area contributed by atoms with Crippen LogP contribution in [-0.2, 0) is 9.53 Å². The summed E-state index contributed by atoms with van der Waals surface area (Å²) in [5.74, 6) is 0.608. The van der Waals surface area contributed by atoms with E-state index >= 15 is 0 Å². The molecular weight excluding hydrogens is 510 g/mol. The number of anilines is 1. The Morgan fingerprint density at radius 3 is 2.69 bits per heavy atom. The molecule has 9 nitrogen and oxygen atoms in total. The van der Waals surface area contributed by atoms with Crippen molar-refractivity contribution >= 4 is 38.8 Å². The third-order valence-electron chi connectivity index (χ3n) is 6.25. The maximum absolute atomic E-state index is 12.4. The lowest BCUT2D eigenvalue weighted by atomic mass is 10.1. The summed E-state index contributed by atoms with van der Waals surface area (Å²) in [6.07, 6.45) is 7.82. The number of amides is 1. The highest BCUT2D eigenvalue weighted by molar-refractivity contribution is 9.10. The van der Waals surface area contributed by atoms with Crippen molar-refractivity contribution < 1.29 is 9.53 Å². The van der Waals surface area contributed by atoms with Crippen molar-refractivity contribution in [2.24, 2.45) is 5.92 Å². The maximum Gasteiger partial charge on any atom is 0.224 e. The number of carbonyl (C=O) groups is 1. The largest absolute Gasteiger partial charge is 0.383 e. The Kier molecular flexibility index (Phi) is 7.01. The van der Waals surface area contributed by atoms with Gasteiger partial charge in [-0.15, -0.1) is 0 Å². The summed E-state index contributed by atoms with van der Waals surface area (Å²) in [5.41, 5.74) is 3.81. The molecule has 0 radical (unpaired) electrons. The zero-order chi connectivity index (χ0) is 24.2. The zero-order valence-electron chi connectivity index (χ0n) is 19.3. The lowest BCUT2D eigenvalue weighted by molar-refractivity contribution is -0.125. The fourth-order valence-corrected chi connectivity index (χ4v) is 4.85. The normalized spacial score (nSPS) is 17.5. The summed E-state index contributed by atoms with van der Waals surface area (Å²) >= 11 is 3.54. The molecule has 180 valence electrons. The van der Waals surface area contributed by atoms with E-state index in [0.717, 1.165) is 41.5 Å². The van der Waals surface area contributed by atoms with Gasteiger partial charge in [0.15, 0.2) is 5.65 Å². The van der Waals surface area contributed by atoms with Crippen LogP contribution in [0, 0.1) is 5.92 Å². The van der Waals surface area contributed by atoms with Gasteiger partial charge in [-0.05, 0) is 70.6 Å². The molecule has 35 heavy (non-hydrogen) atoms. The summed E-state index contributed by atoms with van der Waals surface area (Å²) < 4.78 is 7.50. The molecule has 3 aromatic heterocycles. The Bertz CT molecular complexity index is 1310. The lowest BCUT2D eigenvalue weighted by Crippen LogP contribution is -2.32. The Morgan fingerprint density at radius 2 is 1.91 bits per heavy atom. The van der Waals surface area contributed by atoms with E-state index in [2.05, 4.69) is 53.8 Å². The standard InChI is InChI=1S/C25H26BrN7O2/c1-35-13-12-28-24(34)18-2-5-19(14-18)30-25-29-15-21-22(26)32-33(23(21)31-25)20-6-3-16(4-7-20)17-8-10-27-11-9-17/h3-4,6-11,15,18-19H,2,5,12-14H2,1H3,(H,28,34)(H,29,30,31)/t18-,19-/m1/s1. The fraction of sp³-hybridized carbons (Fsp3) is 0.320. The average molecular weight is 536 g/mol. The number of ether oxygens (including phenoxy) is 1. The van der Waals surface area contributed by atoms with E-state index in [1.54, 1.807) is 25.7 Å². The minimum Gasteiger partial charge on any atom is -0.383 e. The lowest BCUT2D eigenvalue weighted by Gasteiger charge is -2.14. The molecule has 0 bridgehead atoms. The van der Waals surface area contributed by atoms with Gasteiger partial charge in [-0.1, -0.05) is 12.1 Å². The number of benzene rings is 1. The topological polar surface area (TPSA) is 107 Å². The monoisotopic (exact) mass is 535 g/mol. The fourth-order valence-electron chi connectivity index (χ4n) is 4.41. The Hall–Kier alpha value is -3.37. The van der Waals surface area contributed by atoms with Gasteiger partial charge in [-0.3, -0.25) is 9.78 Å². The van der Waals surface area contributed by atoms with Crippen LogP contribution in [0.5, 0.6) is 0 Å². The van der Waals surface area contributed by atoms with Crippen LogP contribution in [0.3, 0.4) is 0 Å². The SMILES string of the molecule is COCCNC(=O)[C@@H]1CC[C@@H](Nc2ncc3c(Br)nn(-c4ccc(-c5ccncc5)cc4)c3n2)C1. The smallest absolute Gasteiger partial charge is 0.224 e. The highest BCUT2D eigenvalue weighted by Crippen LogP contribution is 2.30. The third-order valence-corrected chi connectivity index (χ3v) is 6.83. The van der Waals surface area contributed by atoms with Gasteiger partial charge in [0.25, 0.3) is 0 Å². The first kappa shape index (κ1) is 23.4. The number of hydrogen-bond acceptors (Lipinski definition) is 7. The molecule has 4 aromatic rings. The number of nitrogens with zero attached hydrogens (tertiary/aromatic N) is 5. The third kappa shape index (κ3) is 5.18. The molecule has 10 heteroatoms. The first-order chi connectivity index (χ1) is 17.1. The molecule has 0 saturated heterocycles. The number of hydrogen-bond donors (Lipinski definition) is 2. The highest BCUT2D eigenvalue weighted by Gasteiger charge is 2.30. The number of rotatable bonds is 8. The van der Waals surface area contributed by atoms with E-state index in [4.69, 9.17) is 9.72 Å². The number of methoxy groups -OCH3 is 1. The minimum absolute atomic E-state index is 0.00771. The predicted octanol–water partition coefficient (Wildman–Crippen LogP) is 3.98. The van der Waals surface area contributed by atoms with Gasteiger partial charge in [-0.25, -0.2) is 9.67 Å². The van der Waals surface area contributed by atoms with E-state index in [9.17, 15) is 4.79 Å². The van der Waals surface area contributed by atoms with Crippen LogP contribution in [0.2, 0.25) is 0 Å². The van der Waals surface area contributed by atoms with Crippen LogP contribution < -0.4 is 10.6 Å². The average Bonchev–Trinajstić information content (AvgIpc) is 3.49. The zero-order valence-corrected chi connectivity index (χ0v) is 20.9. The Labute approximate surface area is 211 Å². The molecule has 5 rings (SSSR count). The predicted molar refractivity (Wildman–Crippen MR) is 137 cm³/mol. The summed E-state index contributed by atoms with van der Waals surface area (Å²) in [6.45, 7) is 1.05. The van der Waals surface area contributed by atoms with Gasteiger partial charge in [0.1, 0.15) is 4.60 Å². The molecule has 0 spiro atoms. The molecule has 1 saturated carbocycles. The number of aromatic nitrogens is 5. The summed E-state index contributed by atoms with van der Waals surface area (Å²) in [7, 11) is 1.63. The van der Waals surface area contributed by atoms with E-state index in [0.29, 0.717) is 29.4 Å². The molecule has 0 unspecified atom stereocenters. The first-order valence-electron chi connectivity index (χ1n) is 11.6. The van der Waals surface area contributed by atoms with E-state index in [-0.39, 0.29) is 17.9 Å². The van der Waals surface area contributed by atoms with Crippen LogP contribution in [0.25, 0.3) is 27.8 Å². The van der Waals surface area contributed by atoms with Gasteiger partial charge >= 0.3 is 0 Å². The maximum atomic E-state index is 12.4. The molecule has 1 aliphatic carbocycles. The van der Waals surface area contributed by atoms with Gasteiger partial charge in [0.2, 0.25) is 11.9 Å². The molecule has 1 aliphatic rings. The van der Waals surface area contributed by atoms with Crippen molar-refractivity contribution in [3.05, 3.63) is 59.6 Å². The van der Waals surface area contributed by atoms with Crippen LogP contribution in [0.15, 0.2) is 59.6 Å². The summed E-state index contributed by atoms with van der Waals surface area (Å²) in [4.78, 5) is 25.7. The molecule has 1 aromatic carbocycles. The van der Waals surface area contributed by atoms with Crippen LogP contribution >= 0.6 is 15.9 Å². The van der Waals surface area contributed by atoms with Crippen molar-refractivity contribution in [2.75, 3.05) is 25.6 Å². The Balaban J connectivity index is 1.32. The highest BCUT2D eigenvalue weighted by atomic mass is 79.9. The quantitative estimate of drug-likeness (QED) is 0.328. The van der Waals surface area contributed by atoms with Gasteiger partial charge in [0, 0.05) is 44.2 Å². The van der Waals surface area contributed by atoms with E-state index < -0.39 is 0 Å². The number of nitrogens with one attached hydrogen (secondary N) is 2. The second-order valence-electron chi connectivity index (χ2n) is 8.55. The molecule has 1 amide bonds. The summed E-state index contributed by atoms with van der Waals surface area (Å²) in [5, 5.41) is 11.8. The van der Waals surface area contributed by atoms with Crippen LogP contribution in [-0.4, -0.2) is 56.9 Å². The van der Waals surface area contributed by atoms with Crippen molar-refractivity contribution in [2.45, 2.75) is 25.3 Å².